The third kappa shape index (κ3) is 4.54. The van der Waals surface area contributed by atoms with Crippen LogP contribution < -0.4 is 10.6 Å². The number of carbonyl (C=O) groups excluding carboxylic acids is 2. The van der Waals surface area contributed by atoms with Crippen molar-refractivity contribution in [1.29, 1.82) is 0 Å². The number of rotatable bonds is 5. The number of halogens is 1. The van der Waals surface area contributed by atoms with Crippen LogP contribution in [0.5, 0.6) is 0 Å². The van der Waals surface area contributed by atoms with E-state index in [2.05, 4.69) is 22.5 Å². The first-order valence-corrected chi connectivity index (χ1v) is 9.55. The molecule has 1 heterocycles. The van der Waals surface area contributed by atoms with Gasteiger partial charge in [-0.3, -0.25) is 9.59 Å². The van der Waals surface area contributed by atoms with Crippen molar-refractivity contribution in [3.63, 3.8) is 0 Å². The zero-order valence-corrected chi connectivity index (χ0v) is 15.9. The number of aryl methyl sites for hydroxylation is 2. The number of nitrogens with one attached hydrogen (secondary N) is 2. The highest BCUT2D eigenvalue weighted by Crippen LogP contribution is 2.29. The molecule has 1 saturated heterocycles. The highest BCUT2D eigenvalue weighted by atomic mass is 32.2. The first kappa shape index (κ1) is 19.1. The molecule has 1 aliphatic heterocycles. The molecule has 2 aromatic rings. The summed E-state index contributed by atoms with van der Waals surface area (Å²) < 4.78 is 13.6. The van der Waals surface area contributed by atoms with Gasteiger partial charge in [0, 0.05) is 6.42 Å². The molecule has 0 aromatic heterocycles. The number of hydrogen-bond acceptors (Lipinski definition) is 4. The van der Waals surface area contributed by atoms with E-state index in [0.717, 1.165) is 23.2 Å². The summed E-state index contributed by atoms with van der Waals surface area (Å²) in [6, 6.07) is 11.9. The second-order valence-electron chi connectivity index (χ2n) is 6.18. The number of amidine groups is 1. The van der Waals surface area contributed by atoms with Gasteiger partial charge in [-0.1, -0.05) is 49.0 Å². The van der Waals surface area contributed by atoms with Gasteiger partial charge in [0.15, 0.2) is 5.17 Å². The molecule has 0 unspecified atom stereocenters. The topological polar surface area (TPSA) is 70.6 Å². The summed E-state index contributed by atoms with van der Waals surface area (Å²) in [5.74, 6) is -1.20. The molecule has 0 saturated carbocycles. The predicted octanol–water partition coefficient (Wildman–Crippen LogP) is 3.94. The Balaban J connectivity index is 1.69. The van der Waals surface area contributed by atoms with E-state index in [0.29, 0.717) is 5.17 Å². The Hall–Kier alpha value is -2.67. The van der Waals surface area contributed by atoms with Gasteiger partial charge in [-0.25, -0.2) is 9.38 Å². The molecule has 1 atom stereocenters. The van der Waals surface area contributed by atoms with E-state index >= 15 is 0 Å². The van der Waals surface area contributed by atoms with Crippen molar-refractivity contribution in [2.75, 3.05) is 5.32 Å². The van der Waals surface area contributed by atoms with Crippen molar-refractivity contribution in [3.05, 3.63) is 59.4 Å². The predicted molar refractivity (Wildman–Crippen MR) is 107 cm³/mol. The summed E-state index contributed by atoms with van der Waals surface area (Å²) in [6.07, 6.45) is 0.777. The molecule has 2 amide bonds. The van der Waals surface area contributed by atoms with E-state index in [9.17, 15) is 14.0 Å². The van der Waals surface area contributed by atoms with Crippen molar-refractivity contribution in [3.8, 4) is 0 Å². The Morgan fingerprint density at radius 2 is 2.04 bits per heavy atom. The van der Waals surface area contributed by atoms with Crippen molar-refractivity contribution in [1.82, 2.24) is 5.32 Å². The van der Waals surface area contributed by atoms with Crippen LogP contribution in [0.15, 0.2) is 47.5 Å². The van der Waals surface area contributed by atoms with Crippen LogP contribution in [0.2, 0.25) is 0 Å². The minimum absolute atomic E-state index is 0.0573. The molecule has 0 radical (unpaired) electrons. The zero-order valence-electron chi connectivity index (χ0n) is 15.1. The van der Waals surface area contributed by atoms with Gasteiger partial charge in [0.2, 0.25) is 11.8 Å². The fourth-order valence-electron chi connectivity index (χ4n) is 2.79. The smallest absolute Gasteiger partial charge is 0.240 e. The highest BCUT2D eigenvalue weighted by Gasteiger charge is 2.32. The monoisotopic (exact) mass is 385 g/mol. The largest absolute Gasteiger partial charge is 0.324 e. The van der Waals surface area contributed by atoms with Crippen LogP contribution in [0.4, 0.5) is 15.8 Å². The molecule has 27 heavy (non-hydrogen) atoms. The summed E-state index contributed by atoms with van der Waals surface area (Å²) in [6.45, 7) is 4.02. The lowest BCUT2D eigenvalue weighted by atomic mass is 10.1. The van der Waals surface area contributed by atoms with Crippen LogP contribution in [0.25, 0.3) is 0 Å². The van der Waals surface area contributed by atoms with Crippen LogP contribution in [-0.2, 0) is 16.0 Å². The highest BCUT2D eigenvalue weighted by molar-refractivity contribution is 8.15. The van der Waals surface area contributed by atoms with Crippen LogP contribution in [0, 0.1) is 12.7 Å². The van der Waals surface area contributed by atoms with Gasteiger partial charge in [-0.15, -0.1) is 0 Å². The number of carbonyl (C=O) groups is 2. The average molecular weight is 385 g/mol. The molecule has 2 aromatic carbocycles. The lowest BCUT2D eigenvalue weighted by Gasteiger charge is -2.08. The van der Waals surface area contributed by atoms with Crippen LogP contribution in [0.1, 0.15) is 24.5 Å². The number of aliphatic imine (C=N–C) groups is 1. The number of nitrogens with zero attached hydrogens (tertiary/aromatic N) is 1. The van der Waals surface area contributed by atoms with Crippen LogP contribution >= 0.6 is 11.8 Å². The maximum absolute atomic E-state index is 13.6. The molecule has 140 valence electrons. The average Bonchev–Trinajstić information content (AvgIpc) is 2.98. The van der Waals surface area contributed by atoms with E-state index < -0.39 is 17.0 Å². The van der Waals surface area contributed by atoms with Crippen molar-refractivity contribution < 1.29 is 14.0 Å². The third-order valence-electron chi connectivity index (χ3n) is 4.21. The fraction of sp³-hybridized carbons (Fsp3) is 0.250. The molecule has 0 spiro atoms. The Bertz CT molecular complexity index is 914. The minimum Gasteiger partial charge on any atom is -0.324 e. The maximum Gasteiger partial charge on any atom is 0.240 e. The summed E-state index contributed by atoms with van der Waals surface area (Å²) in [5.41, 5.74) is 3.07. The SMILES string of the molecule is CCc1cccc(C)c1N=C1NC(=O)[C@@H](CC(=O)Nc2ccccc2F)S1. The molecule has 7 heteroatoms. The normalized spacial score (nSPS) is 17.8. The number of thioether (sulfide) groups is 1. The first-order chi connectivity index (χ1) is 13.0. The molecule has 0 aliphatic carbocycles. The minimum atomic E-state index is -0.593. The molecule has 1 aliphatic rings. The van der Waals surface area contributed by atoms with Gasteiger partial charge in [-0.2, -0.15) is 0 Å². The number of benzene rings is 2. The van der Waals surface area contributed by atoms with Crippen molar-refractivity contribution >= 4 is 40.1 Å². The summed E-state index contributed by atoms with van der Waals surface area (Å²) >= 11 is 1.22. The maximum atomic E-state index is 13.6. The van der Waals surface area contributed by atoms with E-state index in [1.807, 2.05) is 25.1 Å². The molecule has 3 rings (SSSR count). The summed E-state index contributed by atoms with van der Waals surface area (Å²) in [4.78, 5) is 29.0. The number of amides is 2. The summed E-state index contributed by atoms with van der Waals surface area (Å²) in [7, 11) is 0. The van der Waals surface area contributed by atoms with Gasteiger partial charge >= 0.3 is 0 Å². The van der Waals surface area contributed by atoms with Gasteiger partial charge in [0.1, 0.15) is 11.1 Å². The van der Waals surface area contributed by atoms with Crippen molar-refractivity contribution in [2.24, 2.45) is 4.99 Å². The molecular weight excluding hydrogens is 365 g/mol. The first-order valence-electron chi connectivity index (χ1n) is 8.67. The van der Waals surface area contributed by atoms with Gasteiger partial charge in [-0.05, 0) is 36.6 Å². The Kier molecular flexibility index (Phi) is 5.91. The molecule has 0 bridgehead atoms. The standard InChI is InChI=1S/C20H20FN3O2S/c1-3-13-8-6-7-12(2)18(13)23-20-24-19(26)16(27-20)11-17(25)22-15-10-5-4-9-14(15)21/h4-10,16H,3,11H2,1-2H3,(H,22,25)(H,23,24,26)/t16-/m1/s1. The molecule has 2 N–H and O–H groups in total. The second-order valence-corrected chi connectivity index (χ2v) is 7.37. The third-order valence-corrected chi connectivity index (χ3v) is 5.29. The van der Waals surface area contributed by atoms with Gasteiger partial charge in [0.05, 0.1) is 11.4 Å². The Labute approximate surface area is 161 Å². The molecule has 5 nitrogen and oxygen atoms in total. The lowest BCUT2D eigenvalue weighted by Crippen LogP contribution is -2.28. The zero-order chi connectivity index (χ0) is 19.4. The quantitative estimate of drug-likeness (QED) is 0.819. The van der Waals surface area contributed by atoms with Crippen LogP contribution in [-0.4, -0.2) is 22.2 Å². The Morgan fingerprint density at radius 1 is 1.26 bits per heavy atom. The van der Waals surface area contributed by atoms with Crippen LogP contribution in [0.3, 0.4) is 0 Å². The Morgan fingerprint density at radius 3 is 2.78 bits per heavy atom. The van der Waals surface area contributed by atoms with Gasteiger partial charge < -0.3 is 10.6 Å². The molecular formula is C20H20FN3O2S. The van der Waals surface area contributed by atoms with E-state index in [1.165, 1.54) is 23.9 Å². The lowest BCUT2D eigenvalue weighted by molar-refractivity contribution is -0.122. The number of hydrogen-bond donors (Lipinski definition) is 2. The van der Waals surface area contributed by atoms with E-state index in [4.69, 9.17) is 0 Å². The molecule has 1 fully saturated rings. The fourth-order valence-corrected chi connectivity index (χ4v) is 3.76. The van der Waals surface area contributed by atoms with E-state index in [-0.39, 0.29) is 18.0 Å². The van der Waals surface area contributed by atoms with Crippen molar-refractivity contribution in [2.45, 2.75) is 31.9 Å². The number of anilines is 1. The summed E-state index contributed by atoms with van der Waals surface area (Å²) in [5, 5.41) is 5.12. The van der Waals surface area contributed by atoms with Gasteiger partial charge in [0.25, 0.3) is 0 Å². The van der Waals surface area contributed by atoms with E-state index in [1.54, 1.807) is 12.1 Å². The second kappa shape index (κ2) is 8.35. The number of para-hydroxylation sites is 2.